The fourth-order valence-corrected chi connectivity index (χ4v) is 2.32. The van der Waals surface area contributed by atoms with Crippen molar-refractivity contribution in [2.24, 2.45) is 0 Å². The van der Waals surface area contributed by atoms with Gasteiger partial charge in [0.15, 0.2) is 0 Å². The van der Waals surface area contributed by atoms with Crippen molar-refractivity contribution in [1.82, 2.24) is 15.5 Å². The second-order valence-corrected chi connectivity index (χ2v) is 5.46. The highest BCUT2D eigenvalue weighted by atomic mass is 16.4. The molecule has 0 aromatic carbocycles. The number of piperidine rings is 1. The third-order valence-corrected chi connectivity index (χ3v) is 3.51. The first-order valence-corrected chi connectivity index (χ1v) is 7.53. The zero-order valence-corrected chi connectivity index (χ0v) is 12.6. The Hall–Kier alpha value is -1.79. The summed E-state index contributed by atoms with van der Waals surface area (Å²) in [5.74, 6) is -0.887. The van der Waals surface area contributed by atoms with E-state index in [0.717, 1.165) is 32.4 Å². The Morgan fingerprint density at radius 1 is 1.19 bits per heavy atom. The summed E-state index contributed by atoms with van der Waals surface area (Å²) in [6.07, 6.45) is 4.42. The van der Waals surface area contributed by atoms with Crippen LogP contribution in [0.2, 0.25) is 0 Å². The number of aliphatic carboxylic acids is 1. The summed E-state index contributed by atoms with van der Waals surface area (Å²) < 4.78 is 0. The monoisotopic (exact) mass is 299 g/mol. The molecule has 0 aromatic rings. The van der Waals surface area contributed by atoms with Crippen LogP contribution in [0.15, 0.2) is 0 Å². The van der Waals surface area contributed by atoms with Gasteiger partial charge in [-0.2, -0.15) is 0 Å². The topological polar surface area (TPSA) is 98.7 Å². The van der Waals surface area contributed by atoms with Crippen molar-refractivity contribution in [3.8, 4) is 0 Å². The molecule has 1 aliphatic heterocycles. The molecule has 0 aliphatic carbocycles. The van der Waals surface area contributed by atoms with E-state index in [1.54, 1.807) is 4.90 Å². The van der Waals surface area contributed by atoms with Crippen LogP contribution < -0.4 is 10.6 Å². The largest absolute Gasteiger partial charge is 0.481 e. The fourth-order valence-electron chi connectivity index (χ4n) is 2.32. The van der Waals surface area contributed by atoms with Crippen molar-refractivity contribution in [1.29, 1.82) is 0 Å². The Labute approximate surface area is 125 Å². The SMILES string of the molecule is CC(CCCC(=O)O)NC(=O)NCC(=O)N1CCCCC1. The van der Waals surface area contributed by atoms with Crippen LogP contribution in [-0.2, 0) is 9.59 Å². The van der Waals surface area contributed by atoms with E-state index >= 15 is 0 Å². The Kier molecular flexibility index (Phi) is 7.56. The van der Waals surface area contributed by atoms with Gasteiger partial charge in [0.05, 0.1) is 6.54 Å². The molecule has 0 spiro atoms. The molecule has 1 atom stereocenters. The second kappa shape index (κ2) is 9.20. The molecule has 120 valence electrons. The van der Waals surface area contributed by atoms with E-state index in [-0.39, 0.29) is 30.9 Å². The van der Waals surface area contributed by atoms with E-state index in [1.165, 1.54) is 0 Å². The predicted molar refractivity (Wildman–Crippen MR) is 77.9 cm³/mol. The number of rotatable bonds is 7. The number of amides is 3. The Balaban J connectivity index is 2.14. The molecule has 1 rings (SSSR count). The quantitative estimate of drug-likeness (QED) is 0.651. The average Bonchev–Trinajstić information content (AvgIpc) is 2.45. The van der Waals surface area contributed by atoms with E-state index < -0.39 is 5.97 Å². The number of likely N-dealkylation sites (tertiary alicyclic amines) is 1. The van der Waals surface area contributed by atoms with Gasteiger partial charge in [-0.3, -0.25) is 9.59 Å². The minimum atomic E-state index is -0.834. The van der Waals surface area contributed by atoms with Gasteiger partial charge in [0.25, 0.3) is 0 Å². The summed E-state index contributed by atoms with van der Waals surface area (Å²) in [6.45, 7) is 3.36. The van der Waals surface area contributed by atoms with Crippen LogP contribution in [-0.4, -0.2) is 53.6 Å². The van der Waals surface area contributed by atoms with Crippen LogP contribution in [0.3, 0.4) is 0 Å². The van der Waals surface area contributed by atoms with E-state index in [1.807, 2.05) is 6.92 Å². The van der Waals surface area contributed by atoms with Crippen molar-refractivity contribution < 1.29 is 19.5 Å². The van der Waals surface area contributed by atoms with Gasteiger partial charge in [0, 0.05) is 25.6 Å². The van der Waals surface area contributed by atoms with Crippen LogP contribution in [0.5, 0.6) is 0 Å². The number of hydrogen-bond acceptors (Lipinski definition) is 3. The molecule has 7 nitrogen and oxygen atoms in total. The standard InChI is InChI=1S/C14H25N3O4/c1-11(6-5-7-13(19)20)16-14(21)15-10-12(18)17-8-3-2-4-9-17/h11H,2-10H2,1H3,(H,19,20)(H2,15,16,21). The summed E-state index contributed by atoms with van der Waals surface area (Å²) in [7, 11) is 0. The molecule has 1 heterocycles. The van der Waals surface area contributed by atoms with Gasteiger partial charge in [0.1, 0.15) is 0 Å². The van der Waals surface area contributed by atoms with Crippen LogP contribution in [0, 0.1) is 0 Å². The average molecular weight is 299 g/mol. The fraction of sp³-hybridized carbons (Fsp3) is 0.786. The van der Waals surface area contributed by atoms with Gasteiger partial charge < -0.3 is 20.6 Å². The van der Waals surface area contributed by atoms with Gasteiger partial charge in [-0.25, -0.2) is 4.79 Å². The normalized spacial score (nSPS) is 16.1. The molecule has 1 saturated heterocycles. The summed E-state index contributed by atoms with van der Waals surface area (Å²) in [4.78, 5) is 35.6. The minimum absolute atomic E-state index is 0.00762. The number of carboxylic acids is 1. The second-order valence-electron chi connectivity index (χ2n) is 5.46. The van der Waals surface area contributed by atoms with E-state index in [2.05, 4.69) is 10.6 Å². The zero-order valence-electron chi connectivity index (χ0n) is 12.6. The summed E-state index contributed by atoms with van der Waals surface area (Å²) in [6, 6.07) is -0.502. The van der Waals surface area contributed by atoms with Crippen LogP contribution >= 0.6 is 0 Å². The summed E-state index contributed by atoms with van der Waals surface area (Å²) >= 11 is 0. The third kappa shape index (κ3) is 7.53. The Bertz CT molecular complexity index is 367. The van der Waals surface area contributed by atoms with Gasteiger partial charge in [-0.05, 0) is 39.0 Å². The van der Waals surface area contributed by atoms with Crippen molar-refractivity contribution >= 4 is 17.9 Å². The van der Waals surface area contributed by atoms with Gasteiger partial charge in [0.2, 0.25) is 5.91 Å². The molecule has 0 aromatic heterocycles. The lowest BCUT2D eigenvalue weighted by Gasteiger charge is -2.26. The van der Waals surface area contributed by atoms with Gasteiger partial charge >= 0.3 is 12.0 Å². The Morgan fingerprint density at radius 3 is 2.48 bits per heavy atom. The highest BCUT2D eigenvalue weighted by molar-refractivity contribution is 5.84. The Morgan fingerprint density at radius 2 is 1.86 bits per heavy atom. The highest BCUT2D eigenvalue weighted by Gasteiger charge is 2.17. The molecule has 0 saturated carbocycles. The lowest BCUT2D eigenvalue weighted by atomic mass is 10.1. The zero-order chi connectivity index (χ0) is 15.7. The number of nitrogens with zero attached hydrogens (tertiary/aromatic N) is 1. The minimum Gasteiger partial charge on any atom is -0.481 e. The first-order chi connectivity index (χ1) is 9.99. The molecular formula is C14H25N3O4. The number of hydrogen-bond donors (Lipinski definition) is 3. The molecular weight excluding hydrogens is 274 g/mol. The molecule has 3 amide bonds. The number of nitrogens with one attached hydrogen (secondary N) is 2. The van der Waals surface area contributed by atoms with Crippen molar-refractivity contribution in [2.75, 3.05) is 19.6 Å². The maximum atomic E-state index is 11.9. The number of carbonyl (C=O) groups is 3. The molecule has 1 aliphatic rings. The van der Waals surface area contributed by atoms with Gasteiger partial charge in [-0.15, -0.1) is 0 Å². The smallest absolute Gasteiger partial charge is 0.315 e. The van der Waals surface area contributed by atoms with Crippen LogP contribution in [0.25, 0.3) is 0 Å². The van der Waals surface area contributed by atoms with E-state index in [4.69, 9.17) is 5.11 Å². The lowest BCUT2D eigenvalue weighted by Crippen LogP contribution is -2.47. The van der Waals surface area contributed by atoms with Crippen molar-refractivity contribution in [2.45, 2.75) is 51.5 Å². The molecule has 1 fully saturated rings. The number of carbonyl (C=O) groups excluding carboxylic acids is 2. The number of carboxylic acid groups (broad SMARTS) is 1. The first kappa shape index (κ1) is 17.3. The maximum Gasteiger partial charge on any atom is 0.315 e. The van der Waals surface area contributed by atoms with Crippen molar-refractivity contribution in [3.05, 3.63) is 0 Å². The van der Waals surface area contributed by atoms with E-state index in [9.17, 15) is 14.4 Å². The van der Waals surface area contributed by atoms with Gasteiger partial charge in [-0.1, -0.05) is 0 Å². The molecule has 0 radical (unpaired) electrons. The van der Waals surface area contributed by atoms with Crippen LogP contribution in [0.4, 0.5) is 4.79 Å². The molecule has 21 heavy (non-hydrogen) atoms. The van der Waals surface area contributed by atoms with Crippen molar-refractivity contribution in [3.63, 3.8) is 0 Å². The molecule has 0 bridgehead atoms. The highest BCUT2D eigenvalue weighted by Crippen LogP contribution is 2.08. The maximum absolute atomic E-state index is 11.9. The molecule has 7 heteroatoms. The number of urea groups is 1. The first-order valence-electron chi connectivity index (χ1n) is 7.53. The lowest BCUT2D eigenvalue weighted by molar-refractivity contribution is -0.137. The van der Waals surface area contributed by atoms with Crippen LogP contribution in [0.1, 0.15) is 45.4 Å². The molecule has 1 unspecified atom stereocenters. The molecule has 3 N–H and O–H groups in total. The summed E-state index contributed by atoms with van der Waals surface area (Å²) in [5, 5.41) is 13.8. The third-order valence-electron chi connectivity index (χ3n) is 3.51. The predicted octanol–water partition coefficient (Wildman–Crippen LogP) is 0.941. The van der Waals surface area contributed by atoms with E-state index in [0.29, 0.717) is 12.8 Å². The summed E-state index contributed by atoms with van der Waals surface area (Å²) in [5.41, 5.74) is 0.